The Morgan fingerprint density at radius 3 is 1.84 bits per heavy atom. The third kappa shape index (κ3) is 6.85. The van der Waals surface area contributed by atoms with Crippen molar-refractivity contribution in [1.82, 2.24) is 0 Å². The third-order valence-corrected chi connectivity index (χ3v) is 9.45. The fraction of sp³-hybridized carbons (Fsp3) is 0.600. The summed E-state index contributed by atoms with van der Waals surface area (Å²) in [5, 5.41) is 20.2. The van der Waals surface area contributed by atoms with Gasteiger partial charge in [-0.2, -0.15) is 10.5 Å². The number of unbranched alkanes of at least 4 members (excludes halogenated alkanes) is 3. The summed E-state index contributed by atoms with van der Waals surface area (Å²) >= 11 is 0. The Kier molecular flexibility index (Phi) is 10.3. The van der Waals surface area contributed by atoms with Crippen LogP contribution in [0.25, 0.3) is 11.1 Å². The first-order valence-corrected chi connectivity index (χ1v) is 15.3. The maximum atomic E-state index is 10.1. The summed E-state index contributed by atoms with van der Waals surface area (Å²) in [6.07, 6.45) is 19.5. The standard InChI is InChI=1S/C35H46N2/c1-3-5-6-7-9-27-12-16-30(17-13-27)32-22-23-33(35(25-37)34(32)24-36)31-20-18-29(19-21-31)28-14-10-26(8-4-2)11-15-28/h18-23,26-28,30H,3-17H2,1-2H3. The zero-order valence-electron chi connectivity index (χ0n) is 23.3. The SMILES string of the molecule is CCCCCCC1CCC(c2ccc(-c3ccc(C4CCC(CCC)CC4)cc3)c(C#N)c2C#N)CC1. The molecular formula is C35H46N2. The van der Waals surface area contributed by atoms with Gasteiger partial charge in [0.25, 0.3) is 0 Å². The van der Waals surface area contributed by atoms with Crippen molar-refractivity contribution in [2.75, 3.05) is 0 Å². The van der Waals surface area contributed by atoms with Gasteiger partial charge in [-0.15, -0.1) is 0 Å². The Morgan fingerprint density at radius 1 is 0.622 bits per heavy atom. The van der Waals surface area contributed by atoms with E-state index < -0.39 is 0 Å². The molecule has 0 N–H and O–H groups in total. The van der Waals surface area contributed by atoms with Crippen molar-refractivity contribution in [1.29, 1.82) is 10.5 Å². The molecule has 2 nitrogen and oxygen atoms in total. The second-order valence-electron chi connectivity index (χ2n) is 11.9. The van der Waals surface area contributed by atoms with Crippen LogP contribution in [0, 0.1) is 34.5 Å². The van der Waals surface area contributed by atoms with E-state index in [2.05, 4.69) is 62.4 Å². The van der Waals surface area contributed by atoms with Crippen LogP contribution >= 0.6 is 0 Å². The molecule has 0 radical (unpaired) electrons. The molecule has 196 valence electrons. The number of hydrogen-bond acceptors (Lipinski definition) is 2. The molecule has 0 atom stereocenters. The Labute approximate surface area is 226 Å². The summed E-state index contributed by atoms with van der Waals surface area (Å²) in [7, 11) is 0. The van der Waals surface area contributed by atoms with Crippen LogP contribution in [0.15, 0.2) is 36.4 Å². The van der Waals surface area contributed by atoms with Gasteiger partial charge in [-0.25, -0.2) is 0 Å². The van der Waals surface area contributed by atoms with Crippen LogP contribution in [-0.4, -0.2) is 0 Å². The van der Waals surface area contributed by atoms with Crippen LogP contribution in [0.4, 0.5) is 0 Å². The predicted molar refractivity (Wildman–Crippen MR) is 154 cm³/mol. The molecule has 0 aliphatic heterocycles. The van der Waals surface area contributed by atoms with Crippen LogP contribution in [0.2, 0.25) is 0 Å². The summed E-state index contributed by atoms with van der Waals surface area (Å²) in [6.45, 7) is 4.57. The van der Waals surface area contributed by atoms with Gasteiger partial charge in [-0.1, -0.05) is 95.2 Å². The largest absolute Gasteiger partial charge is 0.192 e. The number of nitriles is 2. The molecule has 0 bridgehead atoms. The molecule has 2 aromatic carbocycles. The number of nitrogens with zero attached hydrogens (tertiary/aromatic N) is 2. The van der Waals surface area contributed by atoms with Crippen molar-refractivity contribution >= 4 is 0 Å². The van der Waals surface area contributed by atoms with E-state index in [4.69, 9.17) is 0 Å². The topological polar surface area (TPSA) is 47.6 Å². The fourth-order valence-corrected chi connectivity index (χ4v) is 7.19. The minimum Gasteiger partial charge on any atom is -0.192 e. The lowest BCUT2D eigenvalue weighted by Gasteiger charge is -2.30. The monoisotopic (exact) mass is 494 g/mol. The third-order valence-electron chi connectivity index (χ3n) is 9.45. The molecule has 2 aliphatic rings. The lowest BCUT2D eigenvalue weighted by molar-refractivity contribution is 0.302. The van der Waals surface area contributed by atoms with Gasteiger partial charge in [-0.05, 0) is 91.7 Å². The van der Waals surface area contributed by atoms with E-state index >= 15 is 0 Å². The molecule has 2 saturated carbocycles. The van der Waals surface area contributed by atoms with E-state index in [0.29, 0.717) is 23.0 Å². The van der Waals surface area contributed by atoms with Gasteiger partial charge in [0.2, 0.25) is 0 Å². The van der Waals surface area contributed by atoms with Gasteiger partial charge >= 0.3 is 0 Å². The molecule has 2 heteroatoms. The molecule has 0 heterocycles. The quantitative estimate of drug-likeness (QED) is 0.308. The number of benzene rings is 2. The highest BCUT2D eigenvalue weighted by Crippen LogP contribution is 2.42. The van der Waals surface area contributed by atoms with E-state index in [9.17, 15) is 10.5 Å². The summed E-state index contributed by atoms with van der Waals surface area (Å²) in [5.41, 5.74) is 5.68. The molecule has 4 rings (SSSR count). The lowest BCUT2D eigenvalue weighted by atomic mass is 9.75. The minimum absolute atomic E-state index is 0.410. The van der Waals surface area contributed by atoms with Crippen molar-refractivity contribution < 1.29 is 0 Å². The first-order chi connectivity index (χ1) is 18.2. The van der Waals surface area contributed by atoms with E-state index in [-0.39, 0.29) is 0 Å². The molecule has 0 unspecified atom stereocenters. The van der Waals surface area contributed by atoms with Crippen LogP contribution in [0.1, 0.15) is 144 Å². The maximum Gasteiger partial charge on any atom is 0.101 e. The molecule has 2 aliphatic carbocycles. The summed E-state index contributed by atoms with van der Waals surface area (Å²) in [6, 6.07) is 18.0. The molecule has 0 saturated heterocycles. The molecular weight excluding hydrogens is 448 g/mol. The average molecular weight is 495 g/mol. The van der Waals surface area contributed by atoms with Crippen LogP contribution in [0.5, 0.6) is 0 Å². The zero-order valence-corrected chi connectivity index (χ0v) is 23.3. The van der Waals surface area contributed by atoms with Gasteiger partial charge in [-0.3, -0.25) is 0 Å². The maximum absolute atomic E-state index is 10.1. The van der Waals surface area contributed by atoms with Crippen molar-refractivity contribution in [2.45, 2.75) is 122 Å². The molecule has 0 spiro atoms. The van der Waals surface area contributed by atoms with Crippen LogP contribution in [-0.2, 0) is 0 Å². The molecule has 2 fully saturated rings. The predicted octanol–water partition coefficient (Wildman–Crippen LogP) is 10.4. The van der Waals surface area contributed by atoms with E-state index in [1.807, 2.05) is 0 Å². The number of hydrogen-bond donors (Lipinski definition) is 0. The van der Waals surface area contributed by atoms with Gasteiger partial charge in [0.05, 0.1) is 11.1 Å². The minimum atomic E-state index is 0.410. The zero-order chi connectivity index (χ0) is 26.0. The smallest absolute Gasteiger partial charge is 0.101 e. The normalized spacial score (nSPS) is 23.8. The van der Waals surface area contributed by atoms with E-state index in [1.54, 1.807) is 0 Å². The van der Waals surface area contributed by atoms with Gasteiger partial charge < -0.3 is 0 Å². The van der Waals surface area contributed by atoms with E-state index in [0.717, 1.165) is 41.4 Å². The van der Waals surface area contributed by atoms with E-state index in [1.165, 1.54) is 89.0 Å². The van der Waals surface area contributed by atoms with Crippen LogP contribution in [0.3, 0.4) is 0 Å². The highest BCUT2D eigenvalue weighted by molar-refractivity contribution is 5.75. The van der Waals surface area contributed by atoms with Crippen molar-refractivity contribution in [3.8, 4) is 23.3 Å². The highest BCUT2D eigenvalue weighted by atomic mass is 14.3. The second kappa shape index (κ2) is 13.8. The van der Waals surface area contributed by atoms with Gasteiger partial charge in [0.15, 0.2) is 0 Å². The van der Waals surface area contributed by atoms with Crippen molar-refractivity contribution in [3.63, 3.8) is 0 Å². The Hall–Kier alpha value is -2.58. The summed E-state index contributed by atoms with van der Waals surface area (Å²) < 4.78 is 0. The molecule has 2 aromatic rings. The Morgan fingerprint density at radius 2 is 1.24 bits per heavy atom. The summed E-state index contributed by atoms with van der Waals surface area (Å²) in [5.74, 6) is 2.83. The molecule has 0 aromatic heterocycles. The van der Waals surface area contributed by atoms with Crippen molar-refractivity contribution in [3.05, 3.63) is 58.7 Å². The Bertz CT molecular complexity index is 1070. The highest BCUT2D eigenvalue weighted by Gasteiger charge is 2.26. The van der Waals surface area contributed by atoms with Crippen molar-refractivity contribution in [2.24, 2.45) is 11.8 Å². The van der Waals surface area contributed by atoms with Gasteiger partial charge in [0.1, 0.15) is 12.1 Å². The van der Waals surface area contributed by atoms with Crippen LogP contribution < -0.4 is 0 Å². The average Bonchev–Trinajstić information content (AvgIpc) is 2.95. The summed E-state index contributed by atoms with van der Waals surface area (Å²) in [4.78, 5) is 0. The van der Waals surface area contributed by atoms with Gasteiger partial charge in [0, 0.05) is 5.56 Å². The lowest BCUT2D eigenvalue weighted by Crippen LogP contribution is -2.15. The second-order valence-corrected chi connectivity index (χ2v) is 11.9. The first kappa shape index (κ1) is 27.5. The molecule has 37 heavy (non-hydrogen) atoms. The fourth-order valence-electron chi connectivity index (χ4n) is 7.19. The number of rotatable bonds is 10. The Balaban J connectivity index is 1.44. The molecule has 0 amide bonds. The first-order valence-electron chi connectivity index (χ1n) is 15.3.